The molecule has 1 saturated heterocycles. The number of β-amino-alcohol motifs (C(OH)–C–C–N with tert-alkyl or cyclic N) is 1. The molecular formula is C15H27N3OS. The van der Waals surface area contributed by atoms with E-state index in [-0.39, 0.29) is 0 Å². The molecule has 0 saturated carbocycles. The van der Waals surface area contributed by atoms with Crippen LogP contribution in [0.1, 0.15) is 44.3 Å². The van der Waals surface area contributed by atoms with Gasteiger partial charge in [0.05, 0.1) is 16.3 Å². The number of aliphatic hydroxyl groups is 1. The molecule has 20 heavy (non-hydrogen) atoms. The lowest BCUT2D eigenvalue weighted by Gasteiger charge is -2.37. The Balaban J connectivity index is 1.79. The maximum Gasteiger partial charge on any atom is 0.0954 e. The summed E-state index contributed by atoms with van der Waals surface area (Å²) >= 11 is 1.77. The van der Waals surface area contributed by atoms with Crippen molar-refractivity contribution in [1.82, 2.24) is 14.8 Å². The van der Waals surface area contributed by atoms with E-state index in [1.165, 1.54) is 10.7 Å². The first-order chi connectivity index (χ1) is 9.33. The van der Waals surface area contributed by atoms with Crippen LogP contribution in [0.15, 0.2) is 5.38 Å². The first kappa shape index (κ1) is 15.9. The molecule has 0 unspecified atom stereocenters. The third kappa shape index (κ3) is 4.81. The highest BCUT2D eigenvalue weighted by atomic mass is 32.1. The summed E-state index contributed by atoms with van der Waals surface area (Å²) in [6, 6.07) is 0. The molecule has 0 amide bonds. The largest absolute Gasteiger partial charge is 0.389 e. The van der Waals surface area contributed by atoms with Crippen LogP contribution >= 0.6 is 11.3 Å². The van der Waals surface area contributed by atoms with Crippen molar-refractivity contribution < 1.29 is 5.11 Å². The van der Waals surface area contributed by atoms with Gasteiger partial charge < -0.3 is 5.11 Å². The van der Waals surface area contributed by atoms with E-state index >= 15 is 0 Å². The molecule has 0 bridgehead atoms. The molecule has 2 heterocycles. The predicted molar refractivity (Wildman–Crippen MR) is 84.2 cm³/mol. The van der Waals surface area contributed by atoms with Crippen molar-refractivity contribution >= 4 is 11.3 Å². The van der Waals surface area contributed by atoms with E-state index in [0.29, 0.717) is 5.92 Å². The van der Waals surface area contributed by atoms with E-state index in [9.17, 15) is 5.11 Å². The van der Waals surface area contributed by atoms with Crippen molar-refractivity contribution in [3.05, 3.63) is 16.1 Å². The summed E-state index contributed by atoms with van der Waals surface area (Å²) in [5.74, 6) is 0.525. The molecule has 0 atom stereocenters. The van der Waals surface area contributed by atoms with Gasteiger partial charge in [-0.25, -0.2) is 4.98 Å². The molecule has 1 aromatic rings. The molecule has 1 fully saturated rings. The summed E-state index contributed by atoms with van der Waals surface area (Å²) in [5, 5.41) is 13.3. The van der Waals surface area contributed by atoms with Crippen LogP contribution in [0.25, 0.3) is 0 Å². The first-order valence-corrected chi connectivity index (χ1v) is 8.33. The summed E-state index contributed by atoms with van der Waals surface area (Å²) in [7, 11) is 0. The number of aromatic nitrogens is 1. The lowest BCUT2D eigenvalue weighted by Crippen LogP contribution is -2.50. The van der Waals surface area contributed by atoms with Crippen LogP contribution in [0, 0.1) is 0 Å². The number of thiazole rings is 1. The van der Waals surface area contributed by atoms with Gasteiger partial charge in [0.1, 0.15) is 0 Å². The summed E-state index contributed by atoms with van der Waals surface area (Å²) in [4.78, 5) is 9.51. The molecule has 5 heteroatoms. The number of nitrogens with zero attached hydrogens (tertiary/aromatic N) is 3. The topological polar surface area (TPSA) is 39.6 Å². The Kier molecular flexibility index (Phi) is 5.18. The molecule has 1 aromatic heterocycles. The van der Waals surface area contributed by atoms with Crippen molar-refractivity contribution in [1.29, 1.82) is 0 Å². The highest BCUT2D eigenvalue weighted by Gasteiger charge is 2.23. The van der Waals surface area contributed by atoms with E-state index in [1.54, 1.807) is 11.3 Å². The SMILES string of the molecule is CC(C)c1nc(CN2CCN(CC(C)(C)O)CC2)cs1. The zero-order chi connectivity index (χ0) is 14.8. The van der Waals surface area contributed by atoms with E-state index in [0.717, 1.165) is 39.3 Å². The minimum absolute atomic E-state index is 0.525. The van der Waals surface area contributed by atoms with Crippen LogP contribution in [-0.4, -0.2) is 58.2 Å². The van der Waals surface area contributed by atoms with Crippen molar-refractivity contribution in [2.75, 3.05) is 32.7 Å². The Bertz CT molecular complexity index is 417. The second-order valence-electron chi connectivity index (χ2n) is 6.70. The number of hydrogen-bond donors (Lipinski definition) is 1. The third-order valence-electron chi connectivity index (χ3n) is 3.52. The van der Waals surface area contributed by atoms with Crippen LogP contribution < -0.4 is 0 Å². The molecule has 1 aliphatic heterocycles. The number of rotatable bonds is 5. The minimum atomic E-state index is -0.594. The van der Waals surface area contributed by atoms with Crippen LogP contribution in [0.4, 0.5) is 0 Å². The molecule has 1 aliphatic rings. The van der Waals surface area contributed by atoms with E-state index in [2.05, 4.69) is 29.0 Å². The van der Waals surface area contributed by atoms with Crippen molar-refractivity contribution in [2.45, 2.75) is 45.8 Å². The Morgan fingerprint density at radius 1 is 1.25 bits per heavy atom. The fourth-order valence-electron chi connectivity index (χ4n) is 2.54. The van der Waals surface area contributed by atoms with E-state index < -0.39 is 5.60 Å². The quantitative estimate of drug-likeness (QED) is 0.904. The fourth-order valence-corrected chi connectivity index (χ4v) is 3.37. The standard InChI is InChI=1S/C15H27N3OS/c1-12(2)14-16-13(10-20-14)9-17-5-7-18(8-6-17)11-15(3,4)19/h10,12,19H,5-9,11H2,1-4H3. The van der Waals surface area contributed by atoms with Gasteiger partial charge in [0.15, 0.2) is 0 Å². The van der Waals surface area contributed by atoms with Gasteiger partial charge >= 0.3 is 0 Å². The average molecular weight is 297 g/mol. The van der Waals surface area contributed by atoms with Gasteiger partial charge in [-0.05, 0) is 13.8 Å². The molecule has 1 N–H and O–H groups in total. The lowest BCUT2D eigenvalue weighted by molar-refractivity contribution is 0.0165. The molecule has 0 radical (unpaired) electrons. The summed E-state index contributed by atoms with van der Waals surface area (Å²) in [6.45, 7) is 14.0. The number of piperazine rings is 1. The average Bonchev–Trinajstić information content (AvgIpc) is 2.78. The van der Waals surface area contributed by atoms with Crippen LogP contribution in [0.5, 0.6) is 0 Å². The molecule has 114 valence electrons. The highest BCUT2D eigenvalue weighted by Crippen LogP contribution is 2.20. The Morgan fingerprint density at radius 2 is 1.85 bits per heavy atom. The maximum absolute atomic E-state index is 9.86. The van der Waals surface area contributed by atoms with Crippen molar-refractivity contribution in [3.63, 3.8) is 0 Å². The Labute approximate surface area is 126 Å². The summed E-state index contributed by atoms with van der Waals surface area (Å²) < 4.78 is 0. The second kappa shape index (κ2) is 6.52. The Morgan fingerprint density at radius 3 is 2.35 bits per heavy atom. The van der Waals surface area contributed by atoms with Gasteiger partial charge in [0, 0.05) is 50.6 Å². The van der Waals surface area contributed by atoms with Gasteiger partial charge in [0.25, 0.3) is 0 Å². The third-order valence-corrected chi connectivity index (χ3v) is 4.72. The fraction of sp³-hybridized carbons (Fsp3) is 0.800. The van der Waals surface area contributed by atoms with Crippen LogP contribution in [0.3, 0.4) is 0 Å². The first-order valence-electron chi connectivity index (χ1n) is 7.45. The molecule has 2 rings (SSSR count). The predicted octanol–water partition coefficient (Wildman–Crippen LogP) is 2.16. The van der Waals surface area contributed by atoms with Gasteiger partial charge in [-0.15, -0.1) is 11.3 Å². The van der Waals surface area contributed by atoms with Gasteiger partial charge in [0.2, 0.25) is 0 Å². The smallest absolute Gasteiger partial charge is 0.0954 e. The zero-order valence-electron chi connectivity index (χ0n) is 13.1. The molecular weight excluding hydrogens is 270 g/mol. The zero-order valence-corrected chi connectivity index (χ0v) is 13.9. The maximum atomic E-state index is 9.86. The molecule has 4 nitrogen and oxygen atoms in total. The second-order valence-corrected chi connectivity index (χ2v) is 7.59. The van der Waals surface area contributed by atoms with E-state index in [1.807, 2.05) is 13.8 Å². The van der Waals surface area contributed by atoms with Crippen molar-refractivity contribution in [2.24, 2.45) is 0 Å². The minimum Gasteiger partial charge on any atom is -0.389 e. The van der Waals surface area contributed by atoms with Crippen LogP contribution in [0.2, 0.25) is 0 Å². The monoisotopic (exact) mass is 297 g/mol. The number of hydrogen-bond acceptors (Lipinski definition) is 5. The van der Waals surface area contributed by atoms with Gasteiger partial charge in [-0.2, -0.15) is 0 Å². The summed E-state index contributed by atoms with van der Waals surface area (Å²) in [5.41, 5.74) is 0.609. The van der Waals surface area contributed by atoms with Gasteiger partial charge in [-0.3, -0.25) is 9.80 Å². The van der Waals surface area contributed by atoms with Crippen LogP contribution in [-0.2, 0) is 6.54 Å². The summed E-state index contributed by atoms with van der Waals surface area (Å²) in [6.07, 6.45) is 0. The highest BCUT2D eigenvalue weighted by molar-refractivity contribution is 7.09. The molecule has 0 aliphatic carbocycles. The Hall–Kier alpha value is -0.490. The molecule has 0 spiro atoms. The lowest BCUT2D eigenvalue weighted by atomic mass is 10.1. The normalized spacial score (nSPS) is 18.9. The molecule has 0 aromatic carbocycles. The van der Waals surface area contributed by atoms with Crippen molar-refractivity contribution in [3.8, 4) is 0 Å². The van der Waals surface area contributed by atoms with Gasteiger partial charge in [-0.1, -0.05) is 13.8 Å². The van der Waals surface area contributed by atoms with E-state index in [4.69, 9.17) is 4.98 Å².